The van der Waals surface area contributed by atoms with Gasteiger partial charge in [0.15, 0.2) is 6.10 Å². The molecule has 18 heavy (non-hydrogen) atoms. The number of carbonyl (C=O) groups is 1. The zero-order valence-electron chi connectivity index (χ0n) is 10.2. The van der Waals surface area contributed by atoms with Gasteiger partial charge in [-0.2, -0.15) is 13.2 Å². The summed E-state index contributed by atoms with van der Waals surface area (Å²) < 4.78 is 36.7. The van der Waals surface area contributed by atoms with Crippen LogP contribution in [-0.2, 0) is 4.79 Å². The molecule has 0 aromatic rings. The van der Waals surface area contributed by atoms with Crippen LogP contribution in [0.5, 0.6) is 0 Å². The standard InChI is InChI=1S/C11H17F3N2O2/c1-15(6-9(17)11(12,13)14)8-4-5-16(10(8)18)7-2-3-7/h7-9,17H,2-6H2,1H3. The lowest BCUT2D eigenvalue weighted by molar-refractivity contribution is -0.208. The van der Waals surface area contributed by atoms with Crippen molar-refractivity contribution in [2.45, 2.75) is 43.6 Å². The van der Waals surface area contributed by atoms with Crippen LogP contribution in [0.1, 0.15) is 19.3 Å². The van der Waals surface area contributed by atoms with E-state index in [4.69, 9.17) is 5.11 Å². The second kappa shape index (κ2) is 4.70. The Morgan fingerprint density at radius 3 is 2.56 bits per heavy atom. The van der Waals surface area contributed by atoms with E-state index in [1.807, 2.05) is 0 Å². The average molecular weight is 266 g/mol. The summed E-state index contributed by atoms with van der Waals surface area (Å²) in [5.74, 6) is -0.102. The van der Waals surface area contributed by atoms with E-state index in [1.165, 1.54) is 11.9 Å². The smallest absolute Gasteiger partial charge is 0.382 e. The van der Waals surface area contributed by atoms with Crippen molar-refractivity contribution in [3.05, 3.63) is 0 Å². The molecule has 0 spiro atoms. The fraction of sp³-hybridized carbons (Fsp3) is 0.909. The molecule has 0 aromatic carbocycles. The van der Waals surface area contributed by atoms with E-state index in [0.29, 0.717) is 19.0 Å². The number of nitrogens with zero attached hydrogens (tertiary/aromatic N) is 2. The van der Waals surface area contributed by atoms with Gasteiger partial charge in [0, 0.05) is 19.1 Å². The van der Waals surface area contributed by atoms with Gasteiger partial charge in [0.1, 0.15) is 0 Å². The van der Waals surface area contributed by atoms with E-state index < -0.39 is 24.9 Å². The fourth-order valence-electron chi connectivity index (χ4n) is 2.35. The molecule has 1 amide bonds. The molecule has 1 N–H and O–H groups in total. The lowest BCUT2D eigenvalue weighted by Crippen LogP contribution is -2.46. The van der Waals surface area contributed by atoms with Crippen molar-refractivity contribution in [2.75, 3.05) is 20.1 Å². The SMILES string of the molecule is CN(CC(O)C(F)(F)F)C1CCN(C2CC2)C1=O. The molecule has 0 aromatic heterocycles. The Morgan fingerprint density at radius 1 is 1.44 bits per heavy atom. The van der Waals surface area contributed by atoms with Crippen LogP contribution in [0.4, 0.5) is 13.2 Å². The van der Waals surface area contributed by atoms with Crippen LogP contribution in [0.15, 0.2) is 0 Å². The number of rotatable bonds is 4. The first kappa shape index (κ1) is 13.6. The van der Waals surface area contributed by atoms with Gasteiger partial charge in [-0.05, 0) is 26.3 Å². The molecule has 4 nitrogen and oxygen atoms in total. The Kier molecular flexibility index (Phi) is 3.55. The maximum atomic E-state index is 12.2. The summed E-state index contributed by atoms with van der Waals surface area (Å²) >= 11 is 0. The summed E-state index contributed by atoms with van der Waals surface area (Å²) in [6.07, 6.45) is -4.51. The van der Waals surface area contributed by atoms with Gasteiger partial charge < -0.3 is 10.0 Å². The van der Waals surface area contributed by atoms with Gasteiger partial charge >= 0.3 is 6.18 Å². The quantitative estimate of drug-likeness (QED) is 0.810. The van der Waals surface area contributed by atoms with Crippen LogP contribution in [0.2, 0.25) is 0 Å². The van der Waals surface area contributed by atoms with Gasteiger partial charge in [-0.3, -0.25) is 9.69 Å². The van der Waals surface area contributed by atoms with Crippen LogP contribution >= 0.6 is 0 Å². The van der Waals surface area contributed by atoms with Crippen molar-refractivity contribution in [2.24, 2.45) is 0 Å². The number of alkyl halides is 3. The van der Waals surface area contributed by atoms with E-state index in [0.717, 1.165) is 12.8 Å². The molecule has 7 heteroatoms. The minimum Gasteiger partial charge on any atom is -0.382 e. The molecular formula is C11H17F3N2O2. The molecule has 1 heterocycles. The topological polar surface area (TPSA) is 43.8 Å². The second-order valence-electron chi connectivity index (χ2n) is 5.06. The van der Waals surface area contributed by atoms with Gasteiger partial charge in [0.05, 0.1) is 6.04 Å². The Balaban J connectivity index is 1.89. The number of likely N-dealkylation sites (N-methyl/N-ethyl adjacent to an activating group) is 1. The van der Waals surface area contributed by atoms with Gasteiger partial charge in [0.2, 0.25) is 5.91 Å². The highest BCUT2D eigenvalue weighted by molar-refractivity contribution is 5.84. The number of halogens is 3. The van der Waals surface area contributed by atoms with Crippen LogP contribution in [-0.4, -0.2) is 65.3 Å². The molecule has 1 saturated heterocycles. The highest BCUT2D eigenvalue weighted by Crippen LogP contribution is 2.32. The second-order valence-corrected chi connectivity index (χ2v) is 5.06. The van der Waals surface area contributed by atoms with Gasteiger partial charge in [0.25, 0.3) is 0 Å². The molecule has 2 unspecified atom stereocenters. The van der Waals surface area contributed by atoms with Crippen LogP contribution in [0, 0.1) is 0 Å². The molecule has 2 fully saturated rings. The number of amides is 1. The first-order valence-corrected chi connectivity index (χ1v) is 6.06. The van der Waals surface area contributed by atoms with E-state index in [9.17, 15) is 18.0 Å². The molecule has 104 valence electrons. The first-order valence-electron chi connectivity index (χ1n) is 6.06. The highest BCUT2D eigenvalue weighted by atomic mass is 19.4. The van der Waals surface area contributed by atoms with E-state index in [1.54, 1.807) is 4.90 Å². The number of carbonyl (C=O) groups excluding carboxylic acids is 1. The first-order chi connectivity index (χ1) is 8.30. The van der Waals surface area contributed by atoms with Crippen molar-refractivity contribution >= 4 is 5.91 Å². The fourth-order valence-corrected chi connectivity index (χ4v) is 2.35. The zero-order chi connectivity index (χ0) is 13.5. The van der Waals surface area contributed by atoms with Crippen LogP contribution < -0.4 is 0 Å². The van der Waals surface area contributed by atoms with Crippen molar-refractivity contribution in [3.63, 3.8) is 0 Å². The zero-order valence-corrected chi connectivity index (χ0v) is 10.2. The minimum atomic E-state index is -4.63. The molecule has 2 atom stereocenters. The lowest BCUT2D eigenvalue weighted by Gasteiger charge is -2.26. The minimum absolute atomic E-state index is 0.102. The maximum absolute atomic E-state index is 12.2. The molecule has 1 aliphatic carbocycles. The monoisotopic (exact) mass is 266 g/mol. The van der Waals surface area contributed by atoms with Crippen LogP contribution in [0.3, 0.4) is 0 Å². The normalized spacial score (nSPS) is 27.1. The summed E-state index contributed by atoms with van der Waals surface area (Å²) in [5.41, 5.74) is 0. The summed E-state index contributed by atoms with van der Waals surface area (Å²) in [6, 6.07) is -0.231. The van der Waals surface area contributed by atoms with Crippen LogP contribution in [0.25, 0.3) is 0 Å². The van der Waals surface area contributed by atoms with Gasteiger partial charge in [-0.25, -0.2) is 0 Å². The largest absolute Gasteiger partial charge is 0.415 e. The lowest BCUT2D eigenvalue weighted by atomic mass is 10.2. The summed E-state index contributed by atoms with van der Waals surface area (Å²) in [6.45, 7) is 0.0546. The number of aliphatic hydroxyl groups excluding tert-OH is 1. The molecular weight excluding hydrogens is 249 g/mol. The van der Waals surface area contributed by atoms with E-state index in [-0.39, 0.29) is 5.91 Å². The Labute approximate surface area is 103 Å². The molecule has 2 aliphatic rings. The van der Waals surface area contributed by atoms with Crippen molar-refractivity contribution in [3.8, 4) is 0 Å². The molecule has 1 saturated carbocycles. The summed E-state index contributed by atoms with van der Waals surface area (Å²) in [5, 5.41) is 9.00. The summed E-state index contributed by atoms with van der Waals surface area (Å²) in [7, 11) is 1.45. The van der Waals surface area contributed by atoms with Crippen molar-refractivity contribution < 1.29 is 23.1 Å². The van der Waals surface area contributed by atoms with Crippen molar-refractivity contribution in [1.29, 1.82) is 0 Å². The molecule has 2 rings (SSSR count). The predicted octanol–water partition coefficient (Wildman–Crippen LogP) is 0.605. The van der Waals surface area contributed by atoms with Gasteiger partial charge in [-0.1, -0.05) is 0 Å². The third-order valence-corrected chi connectivity index (χ3v) is 3.57. The third-order valence-electron chi connectivity index (χ3n) is 3.57. The Hall–Kier alpha value is -0.820. The Bertz CT molecular complexity index is 331. The number of aliphatic hydroxyl groups is 1. The highest BCUT2D eigenvalue weighted by Gasteiger charge is 2.44. The Morgan fingerprint density at radius 2 is 2.06 bits per heavy atom. The third kappa shape index (κ3) is 2.77. The average Bonchev–Trinajstić information content (AvgIpc) is 3.01. The van der Waals surface area contributed by atoms with Gasteiger partial charge in [-0.15, -0.1) is 0 Å². The number of hydrogen-bond acceptors (Lipinski definition) is 3. The molecule has 0 bridgehead atoms. The van der Waals surface area contributed by atoms with E-state index in [2.05, 4.69) is 0 Å². The summed E-state index contributed by atoms with van der Waals surface area (Å²) in [4.78, 5) is 15.0. The molecule has 1 aliphatic heterocycles. The van der Waals surface area contributed by atoms with E-state index >= 15 is 0 Å². The number of likely N-dealkylation sites (tertiary alicyclic amines) is 1. The number of hydrogen-bond donors (Lipinski definition) is 1. The van der Waals surface area contributed by atoms with Crippen molar-refractivity contribution in [1.82, 2.24) is 9.80 Å². The maximum Gasteiger partial charge on any atom is 0.415 e. The molecule has 0 radical (unpaired) electrons. The predicted molar refractivity (Wildman–Crippen MR) is 57.8 cm³/mol.